The van der Waals surface area contributed by atoms with Gasteiger partial charge in [0.05, 0.1) is 11.6 Å². The fraction of sp³-hybridized carbons (Fsp3) is 0.130. The number of fused-ring (bicyclic) bond motifs is 1. The highest BCUT2D eigenvalue weighted by Gasteiger charge is 2.10. The summed E-state index contributed by atoms with van der Waals surface area (Å²) in [7, 11) is 0. The van der Waals surface area contributed by atoms with Crippen molar-refractivity contribution in [2.24, 2.45) is 0 Å². The van der Waals surface area contributed by atoms with Crippen LogP contribution in [0.15, 0.2) is 72.8 Å². The zero-order chi connectivity index (χ0) is 19.5. The van der Waals surface area contributed by atoms with Gasteiger partial charge in [-0.25, -0.2) is 14.4 Å². The van der Waals surface area contributed by atoms with Gasteiger partial charge in [0, 0.05) is 16.6 Å². The minimum absolute atomic E-state index is 0.120. The zero-order valence-electron chi connectivity index (χ0n) is 15.7. The summed E-state index contributed by atoms with van der Waals surface area (Å²) in [6, 6.07) is 21.7. The van der Waals surface area contributed by atoms with E-state index >= 15 is 0 Å². The summed E-state index contributed by atoms with van der Waals surface area (Å²) in [5.74, 6) is 1.82. The van der Waals surface area contributed by atoms with Crippen LogP contribution >= 0.6 is 0 Å². The lowest BCUT2D eigenvalue weighted by molar-refractivity contribution is 0.242. The molecule has 0 aliphatic rings. The molecule has 0 saturated carbocycles. The third kappa shape index (κ3) is 3.93. The zero-order valence-corrected chi connectivity index (χ0v) is 15.7. The van der Waals surface area contributed by atoms with E-state index in [2.05, 4.69) is 5.32 Å². The minimum Gasteiger partial charge on any atom is -0.491 e. The van der Waals surface area contributed by atoms with Crippen LogP contribution in [-0.4, -0.2) is 16.1 Å². The monoisotopic (exact) mass is 373 g/mol. The number of anilines is 2. The number of hydrogen-bond acceptors (Lipinski definition) is 4. The van der Waals surface area contributed by atoms with Gasteiger partial charge in [0.2, 0.25) is 0 Å². The van der Waals surface area contributed by atoms with Crippen LogP contribution in [-0.2, 0) is 0 Å². The van der Waals surface area contributed by atoms with Crippen LogP contribution in [0.4, 0.5) is 15.9 Å². The van der Waals surface area contributed by atoms with Gasteiger partial charge in [0.15, 0.2) is 5.82 Å². The molecule has 4 nitrogen and oxygen atoms in total. The summed E-state index contributed by atoms with van der Waals surface area (Å²) >= 11 is 0. The Balaban J connectivity index is 1.74. The fourth-order valence-electron chi connectivity index (χ4n) is 2.93. The predicted octanol–water partition coefficient (Wildman–Crippen LogP) is 5.97. The van der Waals surface area contributed by atoms with Crippen molar-refractivity contribution < 1.29 is 9.13 Å². The molecule has 0 aliphatic carbocycles. The molecular weight excluding hydrogens is 353 g/mol. The second-order valence-electron chi connectivity index (χ2n) is 6.74. The molecule has 1 aromatic heterocycles. The van der Waals surface area contributed by atoms with Gasteiger partial charge in [0.25, 0.3) is 0 Å². The molecule has 1 N–H and O–H groups in total. The third-order valence-electron chi connectivity index (χ3n) is 4.19. The van der Waals surface area contributed by atoms with E-state index in [4.69, 9.17) is 14.7 Å². The van der Waals surface area contributed by atoms with Gasteiger partial charge in [-0.2, -0.15) is 0 Å². The Morgan fingerprint density at radius 2 is 1.57 bits per heavy atom. The number of aromatic nitrogens is 2. The van der Waals surface area contributed by atoms with E-state index in [0.717, 1.165) is 27.9 Å². The van der Waals surface area contributed by atoms with Gasteiger partial charge >= 0.3 is 0 Å². The van der Waals surface area contributed by atoms with Crippen molar-refractivity contribution in [1.29, 1.82) is 0 Å². The average molecular weight is 373 g/mol. The van der Waals surface area contributed by atoms with Gasteiger partial charge in [-0.15, -0.1) is 0 Å². The van der Waals surface area contributed by atoms with Crippen molar-refractivity contribution in [1.82, 2.24) is 9.97 Å². The molecule has 0 bridgehead atoms. The summed E-state index contributed by atoms with van der Waals surface area (Å²) in [6.45, 7) is 3.99. The van der Waals surface area contributed by atoms with Crippen molar-refractivity contribution in [2.45, 2.75) is 20.0 Å². The molecule has 4 aromatic rings. The van der Waals surface area contributed by atoms with Gasteiger partial charge in [-0.3, -0.25) is 0 Å². The predicted molar refractivity (Wildman–Crippen MR) is 110 cm³/mol. The van der Waals surface area contributed by atoms with Crippen molar-refractivity contribution in [3.05, 3.63) is 78.6 Å². The normalized spacial score (nSPS) is 11.0. The SMILES string of the molecule is CC(C)Oc1ccc(-c2nc(Nc3ccc(F)cc3)c3ccccc3n2)cc1. The average Bonchev–Trinajstić information content (AvgIpc) is 2.70. The number of nitrogens with one attached hydrogen (secondary N) is 1. The summed E-state index contributed by atoms with van der Waals surface area (Å²) < 4.78 is 18.9. The molecule has 4 rings (SSSR count). The Labute approximate surface area is 163 Å². The minimum atomic E-state index is -0.275. The van der Waals surface area contributed by atoms with E-state index < -0.39 is 0 Å². The maximum atomic E-state index is 13.2. The van der Waals surface area contributed by atoms with Crippen molar-refractivity contribution >= 4 is 22.4 Å². The van der Waals surface area contributed by atoms with E-state index in [1.807, 2.05) is 62.4 Å². The number of ether oxygens (including phenoxy) is 1. The second-order valence-corrected chi connectivity index (χ2v) is 6.74. The standard InChI is InChI=1S/C23H20FN3O/c1-15(2)28-19-13-7-16(8-14-19)22-26-21-6-4-3-5-20(21)23(27-22)25-18-11-9-17(24)10-12-18/h3-15H,1-2H3,(H,25,26,27). The van der Waals surface area contributed by atoms with E-state index in [0.29, 0.717) is 11.6 Å². The Hall–Kier alpha value is -3.47. The number of halogens is 1. The van der Waals surface area contributed by atoms with Gasteiger partial charge in [-0.1, -0.05) is 12.1 Å². The molecule has 0 amide bonds. The largest absolute Gasteiger partial charge is 0.491 e. The smallest absolute Gasteiger partial charge is 0.162 e. The van der Waals surface area contributed by atoms with Crippen molar-refractivity contribution in [2.75, 3.05) is 5.32 Å². The lowest BCUT2D eigenvalue weighted by atomic mass is 10.1. The molecule has 0 atom stereocenters. The molecule has 0 radical (unpaired) electrons. The highest BCUT2D eigenvalue weighted by atomic mass is 19.1. The molecule has 3 aromatic carbocycles. The Morgan fingerprint density at radius 1 is 0.857 bits per heavy atom. The molecule has 0 aliphatic heterocycles. The first kappa shape index (κ1) is 17.9. The maximum Gasteiger partial charge on any atom is 0.162 e. The number of hydrogen-bond donors (Lipinski definition) is 1. The quantitative estimate of drug-likeness (QED) is 0.468. The molecule has 0 spiro atoms. The van der Waals surface area contributed by atoms with Gasteiger partial charge in [-0.05, 0) is 74.5 Å². The Bertz CT molecular complexity index is 1090. The van der Waals surface area contributed by atoms with Crippen LogP contribution in [0, 0.1) is 5.82 Å². The Morgan fingerprint density at radius 3 is 2.29 bits per heavy atom. The van der Waals surface area contributed by atoms with Crippen LogP contribution < -0.4 is 10.1 Å². The molecule has 140 valence electrons. The molecule has 0 saturated heterocycles. The van der Waals surface area contributed by atoms with E-state index in [-0.39, 0.29) is 11.9 Å². The number of rotatable bonds is 5. The molecule has 1 heterocycles. The molecule has 0 unspecified atom stereocenters. The molecular formula is C23H20FN3O. The van der Waals surface area contributed by atoms with Crippen LogP contribution in [0.2, 0.25) is 0 Å². The summed E-state index contributed by atoms with van der Waals surface area (Å²) in [5, 5.41) is 4.18. The first-order valence-corrected chi connectivity index (χ1v) is 9.15. The summed E-state index contributed by atoms with van der Waals surface area (Å²) in [4.78, 5) is 9.42. The van der Waals surface area contributed by atoms with Gasteiger partial charge < -0.3 is 10.1 Å². The third-order valence-corrected chi connectivity index (χ3v) is 4.19. The van der Waals surface area contributed by atoms with Gasteiger partial charge in [0.1, 0.15) is 17.4 Å². The molecule has 28 heavy (non-hydrogen) atoms. The van der Waals surface area contributed by atoms with Crippen LogP contribution in [0.3, 0.4) is 0 Å². The van der Waals surface area contributed by atoms with Crippen LogP contribution in [0.5, 0.6) is 5.75 Å². The van der Waals surface area contributed by atoms with E-state index in [1.54, 1.807) is 12.1 Å². The summed E-state index contributed by atoms with van der Waals surface area (Å²) in [5.41, 5.74) is 2.49. The Kier molecular flexibility index (Phi) is 4.89. The topological polar surface area (TPSA) is 47.0 Å². The highest BCUT2D eigenvalue weighted by Crippen LogP contribution is 2.28. The molecule has 5 heteroatoms. The number of para-hydroxylation sites is 1. The first-order valence-electron chi connectivity index (χ1n) is 9.15. The maximum absolute atomic E-state index is 13.2. The lowest BCUT2D eigenvalue weighted by Crippen LogP contribution is -2.05. The van der Waals surface area contributed by atoms with E-state index in [1.165, 1.54) is 12.1 Å². The van der Waals surface area contributed by atoms with Crippen LogP contribution in [0.1, 0.15) is 13.8 Å². The number of nitrogens with zero attached hydrogens (tertiary/aromatic N) is 2. The summed E-state index contributed by atoms with van der Waals surface area (Å²) in [6.07, 6.45) is 0.120. The van der Waals surface area contributed by atoms with Crippen molar-refractivity contribution in [3.8, 4) is 17.1 Å². The first-order chi connectivity index (χ1) is 13.6. The van der Waals surface area contributed by atoms with Crippen LogP contribution in [0.25, 0.3) is 22.3 Å². The molecule has 0 fully saturated rings. The fourth-order valence-corrected chi connectivity index (χ4v) is 2.93. The van der Waals surface area contributed by atoms with Crippen molar-refractivity contribution in [3.63, 3.8) is 0 Å². The number of benzene rings is 3. The lowest BCUT2D eigenvalue weighted by Gasteiger charge is -2.12. The highest BCUT2D eigenvalue weighted by molar-refractivity contribution is 5.92. The van der Waals surface area contributed by atoms with E-state index in [9.17, 15) is 4.39 Å². The second kappa shape index (κ2) is 7.64.